The van der Waals surface area contributed by atoms with E-state index >= 15 is 0 Å². The summed E-state index contributed by atoms with van der Waals surface area (Å²) in [5.74, 6) is -0.256. The summed E-state index contributed by atoms with van der Waals surface area (Å²) in [5.41, 5.74) is 1.11. The van der Waals surface area contributed by atoms with Crippen molar-refractivity contribution in [1.82, 2.24) is 0 Å². The number of ether oxygens (including phenoxy) is 1. The Morgan fingerprint density at radius 3 is 2.59 bits per heavy atom. The Bertz CT molecular complexity index is 851. The molecule has 0 radical (unpaired) electrons. The SMILES string of the molecule is N#Cc1c(F)cccc1OCCc1ccc2ccccc2c1. The minimum atomic E-state index is -0.550. The van der Waals surface area contributed by atoms with Gasteiger partial charge < -0.3 is 4.74 Å². The first-order valence-corrected chi connectivity index (χ1v) is 7.07. The zero-order valence-corrected chi connectivity index (χ0v) is 11.9. The third-order valence-corrected chi connectivity index (χ3v) is 3.55. The van der Waals surface area contributed by atoms with Crippen LogP contribution in [0, 0.1) is 17.1 Å². The minimum Gasteiger partial charge on any atom is -0.492 e. The summed E-state index contributed by atoms with van der Waals surface area (Å²) in [5, 5.41) is 11.3. The van der Waals surface area contributed by atoms with Crippen LogP contribution in [0.1, 0.15) is 11.1 Å². The van der Waals surface area contributed by atoms with E-state index in [1.807, 2.05) is 18.2 Å². The van der Waals surface area contributed by atoms with Crippen molar-refractivity contribution in [3.63, 3.8) is 0 Å². The van der Waals surface area contributed by atoms with Crippen LogP contribution in [-0.2, 0) is 6.42 Å². The standard InChI is InChI=1S/C19H14FNO/c20-18-6-3-7-19(17(18)13-21)22-11-10-14-8-9-15-4-1-2-5-16(15)12-14/h1-9,12H,10-11H2. The lowest BCUT2D eigenvalue weighted by molar-refractivity contribution is 0.319. The lowest BCUT2D eigenvalue weighted by Gasteiger charge is -2.09. The number of nitriles is 1. The molecule has 0 aliphatic rings. The average Bonchev–Trinajstić information content (AvgIpc) is 2.55. The van der Waals surface area contributed by atoms with Crippen LogP contribution in [0.4, 0.5) is 4.39 Å². The summed E-state index contributed by atoms with van der Waals surface area (Å²) in [6, 6.07) is 20.7. The van der Waals surface area contributed by atoms with Crippen LogP contribution < -0.4 is 4.74 Å². The molecule has 0 saturated carbocycles. The van der Waals surface area contributed by atoms with E-state index in [9.17, 15) is 4.39 Å². The Morgan fingerprint density at radius 2 is 1.77 bits per heavy atom. The zero-order valence-electron chi connectivity index (χ0n) is 11.9. The van der Waals surface area contributed by atoms with E-state index in [4.69, 9.17) is 10.00 Å². The average molecular weight is 291 g/mol. The predicted molar refractivity (Wildman–Crippen MR) is 84.3 cm³/mol. The van der Waals surface area contributed by atoms with Gasteiger partial charge in [0.25, 0.3) is 0 Å². The largest absolute Gasteiger partial charge is 0.492 e. The molecule has 0 saturated heterocycles. The molecular formula is C19H14FNO. The first-order valence-electron chi connectivity index (χ1n) is 7.07. The highest BCUT2D eigenvalue weighted by Crippen LogP contribution is 2.21. The Kier molecular flexibility index (Phi) is 4.02. The molecule has 108 valence electrons. The molecule has 0 spiro atoms. The molecule has 3 aromatic carbocycles. The summed E-state index contributed by atoms with van der Waals surface area (Å²) >= 11 is 0. The van der Waals surface area contributed by atoms with Gasteiger partial charge in [-0.25, -0.2) is 4.39 Å². The molecule has 0 fully saturated rings. The van der Waals surface area contributed by atoms with Crippen molar-refractivity contribution in [2.75, 3.05) is 6.61 Å². The first-order chi connectivity index (χ1) is 10.8. The Balaban J connectivity index is 1.70. The van der Waals surface area contributed by atoms with Crippen LogP contribution >= 0.6 is 0 Å². The summed E-state index contributed by atoms with van der Waals surface area (Å²) in [6.45, 7) is 0.399. The van der Waals surface area contributed by atoms with Crippen LogP contribution in [0.25, 0.3) is 10.8 Å². The predicted octanol–water partition coefficient (Wildman–Crippen LogP) is 4.47. The lowest BCUT2D eigenvalue weighted by Crippen LogP contribution is -2.03. The summed E-state index contributed by atoms with van der Waals surface area (Å²) in [6.07, 6.45) is 0.701. The molecule has 22 heavy (non-hydrogen) atoms. The molecule has 0 bridgehead atoms. The van der Waals surface area contributed by atoms with Crippen LogP contribution in [0.3, 0.4) is 0 Å². The quantitative estimate of drug-likeness (QED) is 0.710. The number of nitrogens with zero attached hydrogens (tertiary/aromatic N) is 1. The first kappa shape index (κ1) is 14.1. The number of benzene rings is 3. The van der Waals surface area contributed by atoms with Gasteiger partial charge in [0.15, 0.2) is 0 Å². The number of hydrogen-bond donors (Lipinski definition) is 0. The van der Waals surface area contributed by atoms with E-state index in [1.54, 1.807) is 12.1 Å². The normalized spacial score (nSPS) is 10.4. The highest BCUT2D eigenvalue weighted by Gasteiger charge is 2.08. The van der Waals surface area contributed by atoms with E-state index < -0.39 is 5.82 Å². The zero-order chi connectivity index (χ0) is 15.4. The van der Waals surface area contributed by atoms with E-state index in [0.717, 1.165) is 5.56 Å². The maximum Gasteiger partial charge on any atom is 0.144 e. The molecule has 2 nitrogen and oxygen atoms in total. The van der Waals surface area contributed by atoms with Crippen LogP contribution in [0.15, 0.2) is 60.7 Å². The molecule has 0 aromatic heterocycles. The summed E-state index contributed by atoms with van der Waals surface area (Å²) in [4.78, 5) is 0. The highest BCUT2D eigenvalue weighted by atomic mass is 19.1. The molecule has 0 N–H and O–H groups in total. The number of hydrogen-bond acceptors (Lipinski definition) is 2. The molecule has 0 aliphatic carbocycles. The van der Waals surface area contributed by atoms with Gasteiger partial charge >= 0.3 is 0 Å². The van der Waals surface area contributed by atoms with E-state index in [2.05, 4.69) is 30.3 Å². The second kappa shape index (κ2) is 6.28. The van der Waals surface area contributed by atoms with E-state index in [1.165, 1.54) is 16.8 Å². The fourth-order valence-corrected chi connectivity index (χ4v) is 2.41. The van der Waals surface area contributed by atoms with Gasteiger partial charge in [0.05, 0.1) is 6.61 Å². The summed E-state index contributed by atoms with van der Waals surface area (Å²) in [7, 11) is 0. The lowest BCUT2D eigenvalue weighted by atomic mass is 10.1. The molecule has 0 aliphatic heterocycles. The van der Waals surface area contributed by atoms with Gasteiger partial charge in [0.2, 0.25) is 0 Å². The molecule has 0 atom stereocenters. The van der Waals surface area contributed by atoms with Crippen molar-refractivity contribution in [3.8, 4) is 11.8 Å². The second-order valence-electron chi connectivity index (χ2n) is 5.00. The fourth-order valence-electron chi connectivity index (χ4n) is 2.41. The second-order valence-corrected chi connectivity index (χ2v) is 5.00. The molecule has 3 heteroatoms. The Hall–Kier alpha value is -2.86. The van der Waals surface area contributed by atoms with Gasteiger partial charge in [-0.2, -0.15) is 5.26 Å². The topological polar surface area (TPSA) is 33.0 Å². The molecule has 3 rings (SSSR count). The van der Waals surface area contributed by atoms with Crippen LogP contribution in [-0.4, -0.2) is 6.61 Å². The third kappa shape index (κ3) is 2.91. The van der Waals surface area contributed by atoms with Crippen molar-refractivity contribution in [2.45, 2.75) is 6.42 Å². The maximum atomic E-state index is 13.5. The molecular weight excluding hydrogens is 277 g/mol. The third-order valence-electron chi connectivity index (χ3n) is 3.55. The van der Waals surface area contributed by atoms with Crippen molar-refractivity contribution in [1.29, 1.82) is 5.26 Å². The Labute approximate surface area is 128 Å². The number of fused-ring (bicyclic) bond motifs is 1. The summed E-state index contributed by atoms with van der Waals surface area (Å²) < 4.78 is 19.0. The number of halogens is 1. The monoisotopic (exact) mass is 291 g/mol. The van der Waals surface area contributed by atoms with E-state index in [0.29, 0.717) is 18.8 Å². The number of rotatable bonds is 4. The fraction of sp³-hybridized carbons (Fsp3) is 0.105. The molecule has 3 aromatic rings. The van der Waals surface area contributed by atoms with Crippen molar-refractivity contribution < 1.29 is 9.13 Å². The van der Waals surface area contributed by atoms with Gasteiger partial charge in [-0.1, -0.05) is 48.5 Å². The van der Waals surface area contributed by atoms with Gasteiger partial charge in [-0.05, 0) is 28.5 Å². The van der Waals surface area contributed by atoms with E-state index in [-0.39, 0.29) is 5.56 Å². The molecule has 0 amide bonds. The minimum absolute atomic E-state index is 0.0407. The molecule has 0 unspecified atom stereocenters. The van der Waals surface area contributed by atoms with Gasteiger partial charge in [0.1, 0.15) is 23.2 Å². The maximum absolute atomic E-state index is 13.5. The van der Waals surface area contributed by atoms with Gasteiger partial charge in [-0.15, -0.1) is 0 Å². The smallest absolute Gasteiger partial charge is 0.144 e. The van der Waals surface area contributed by atoms with Crippen molar-refractivity contribution >= 4 is 10.8 Å². The van der Waals surface area contributed by atoms with Crippen LogP contribution in [0.5, 0.6) is 5.75 Å². The Morgan fingerprint density at radius 1 is 0.955 bits per heavy atom. The molecule has 0 heterocycles. The van der Waals surface area contributed by atoms with Crippen molar-refractivity contribution in [3.05, 3.63) is 77.6 Å². The van der Waals surface area contributed by atoms with Gasteiger partial charge in [0, 0.05) is 6.42 Å². The van der Waals surface area contributed by atoms with Gasteiger partial charge in [-0.3, -0.25) is 0 Å². The van der Waals surface area contributed by atoms with Crippen molar-refractivity contribution in [2.24, 2.45) is 0 Å². The highest BCUT2D eigenvalue weighted by molar-refractivity contribution is 5.82. The van der Waals surface area contributed by atoms with Crippen LogP contribution in [0.2, 0.25) is 0 Å².